The van der Waals surface area contributed by atoms with E-state index in [0.717, 1.165) is 77.8 Å². The Morgan fingerprint density at radius 1 is 0.943 bits per heavy atom. The van der Waals surface area contributed by atoms with Crippen LogP contribution in [0.25, 0.3) is 22.4 Å². The van der Waals surface area contributed by atoms with E-state index in [2.05, 4.69) is 54.9 Å². The van der Waals surface area contributed by atoms with Crippen LogP contribution in [0.1, 0.15) is 61.4 Å². The zero-order valence-electron chi connectivity index (χ0n) is 30.5. The lowest BCUT2D eigenvalue weighted by Crippen LogP contribution is -2.51. The Kier molecular flexibility index (Phi) is 15.5. The number of ether oxygens (including phenoxy) is 1. The third-order valence-corrected chi connectivity index (χ3v) is 9.64. The number of H-pyrrole nitrogens is 1. The van der Waals surface area contributed by atoms with Gasteiger partial charge in [-0.1, -0.05) is 44.2 Å². The number of likely N-dealkylation sites (tertiary alicyclic amines) is 1. The van der Waals surface area contributed by atoms with Crippen molar-refractivity contribution in [2.45, 2.75) is 58.7 Å². The Morgan fingerprint density at radius 3 is 2.32 bits per heavy atom. The number of piperazine rings is 1. The number of carbonyl (C=O) groups is 3. The minimum absolute atomic E-state index is 0. The van der Waals surface area contributed by atoms with Crippen LogP contribution in [-0.4, -0.2) is 83.1 Å². The van der Waals surface area contributed by atoms with Gasteiger partial charge in [-0.3, -0.25) is 9.59 Å². The van der Waals surface area contributed by atoms with Gasteiger partial charge in [-0.15, -0.1) is 37.2 Å². The summed E-state index contributed by atoms with van der Waals surface area (Å²) >= 11 is 0. The van der Waals surface area contributed by atoms with Crippen LogP contribution < -0.4 is 20.9 Å². The number of carbonyl (C=O) groups excluding carboxylic acids is 3. The van der Waals surface area contributed by atoms with E-state index in [4.69, 9.17) is 4.74 Å². The van der Waals surface area contributed by atoms with Crippen molar-refractivity contribution in [1.29, 1.82) is 0 Å². The molecule has 2 aromatic carbocycles. The summed E-state index contributed by atoms with van der Waals surface area (Å²) in [4.78, 5) is 55.2. The standard InChI is InChI=1S/C38H46N8O4.3ClH/c1-23(2)34(44-38(49)50-5)37(48)46-17-6-7-32(46)35-41-22-31(43-35)27-10-8-26(9-11-27)30-14-13-29(19-24(30)3)42-36(47)28-12-15-33(40-21-28)45-18-16-39-20-25(45)4;;;/h8-15,19,21-23,25,32,34,39H,6-7,16-18,20H2,1-5H3,(H,41,43)(H,42,47)(H,44,49);3*1H/t25-,32+,34+;;;/m1.../s1. The Morgan fingerprint density at radius 2 is 1.68 bits per heavy atom. The molecular formula is C38H49Cl3N8O4. The number of pyridine rings is 1. The average molecular weight is 788 g/mol. The fraction of sp³-hybridized carbons (Fsp3) is 0.395. The van der Waals surface area contributed by atoms with Gasteiger partial charge in [0.05, 0.1) is 30.6 Å². The van der Waals surface area contributed by atoms with Gasteiger partial charge in [0.25, 0.3) is 5.91 Å². The highest BCUT2D eigenvalue weighted by atomic mass is 35.5. The van der Waals surface area contributed by atoms with E-state index in [9.17, 15) is 14.4 Å². The van der Waals surface area contributed by atoms with Gasteiger partial charge in [-0.2, -0.15) is 0 Å². The SMILES string of the molecule is COC(=O)N[C@H](C(=O)N1CCC[C@H]1c1ncc(-c2ccc(-c3ccc(NC(=O)c4ccc(N5CCNC[C@H]5C)nc4)cc3C)cc2)[nH]1)C(C)C.Cl.Cl.Cl. The van der Waals surface area contributed by atoms with Crippen molar-refractivity contribution >= 4 is 66.6 Å². The summed E-state index contributed by atoms with van der Waals surface area (Å²) in [7, 11) is 1.29. The Balaban J connectivity index is 0.00000252. The lowest BCUT2D eigenvalue weighted by atomic mass is 9.98. The molecule has 0 spiro atoms. The molecule has 0 aliphatic carbocycles. The maximum atomic E-state index is 13.5. The van der Waals surface area contributed by atoms with Gasteiger partial charge in [0.15, 0.2) is 0 Å². The first-order chi connectivity index (χ1) is 24.1. The number of aromatic amines is 1. The summed E-state index contributed by atoms with van der Waals surface area (Å²) in [5.74, 6) is 1.18. The number of rotatable bonds is 9. The minimum atomic E-state index is -0.680. The fourth-order valence-corrected chi connectivity index (χ4v) is 6.82. The van der Waals surface area contributed by atoms with Crippen LogP contribution in [0, 0.1) is 12.8 Å². The van der Waals surface area contributed by atoms with Crippen LogP contribution in [0.2, 0.25) is 0 Å². The highest BCUT2D eigenvalue weighted by Gasteiger charge is 2.37. The molecule has 12 nitrogen and oxygen atoms in total. The molecule has 53 heavy (non-hydrogen) atoms. The molecule has 2 aliphatic heterocycles. The Labute approximate surface area is 329 Å². The van der Waals surface area contributed by atoms with Gasteiger partial charge in [-0.25, -0.2) is 14.8 Å². The molecule has 6 rings (SSSR count). The maximum Gasteiger partial charge on any atom is 0.407 e. The molecule has 4 N–H and O–H groups in total. The monoisotopic (exact) mass is 786 g/mol. The number of hydrogen-bond donors (Lipinski definition) is 4. The van der Waals surface area contributed by atoms with Crippen molar-refractivity contribution in [2.75, 3.05) is 43.5 Å². The molecule has 3 atom stereocenters. The summed E-state index contributed by atoms with van der Waals surface area (Å²) in [5, 5.41) is 9.09. The molecule has 3 amide bonds. The zero-order valence-corrected chi connectivity index (χ0v) is 33.0. The largest absolute Gasteiger partial charge is 0.453 e. The molecular weight excluding hydrogens is 739 g/mol. The number of hydrogen-bond acceptors (Lipinski definition) is 8. The van der Waals surface area contributed by atoms with Crippen LogP contribution in [0.5, 0.6) is 0 Å². The molecule has 2 fully saturated rings. The zero-order chi connectivity index (χ0) is 35.4. The number of imidazole rings is 1. The van der Waals surface area contributed by atoms with E-state index < -0.39 is 12.1 Å². The molecule has 0 unspecified atom stereocenters. The van der Waals surface area contributed by atoms with E-state index in [1.807, 2.05) is 68.1 Å². The summed E-state index contributed by atoms with van der Waals surface area (Å²) in [6.45, 7) is 11.3. The molecule has 2 aromatic heterocycles. The second-order valence-corrected chi connectivity index (χ2v) is 13.4. The van der Waals surface area contributed by atoms with Crippen molar-refractivity contribution in [3.05, 3.63) is 83.9 Å². The van der Waals surface area contributed by atoms with E-state index in [1.165, 1.54) is 7.11 Å². The highest BCUT2D eigenvalue weighted by molar-refractivity contribution is 6.04. The van der Waals surface area contributed by atoms with Crippen molar-refractivity contribution in [1.82, 2.24) is 30.5 Å². The number of anilines is 2. The predicted molar refractivity (Wildman–Crippen MR) is 216 cm³/mol. The fourth-order valence-electron chi connectivity index (χ4n) is 6.82. The van der Waals surface area contributed by atoms with Gasteiger partial charge >= 0.3 is 6.09 Å². The topological polar surface area (TPSA) is 145 Å². The van der Waals surface area contributed by atoms with Gasteiger partial charge in [0.1, 0.15) is 17.7 Å². The number of methoxy groups -OCH3 is 1. The maximum absolute atomic E-state index is 13.5. The van der Waals surface area contributed by atoms with Crippen LogP contribution in [0.3, 0.4) is 0 Å². The molecule has 0 radical (unpaired) electrons. The second-order valence-electron chi connectivity index (χ2n) is 13.4. The lowest BCUT2D eigenvalue weighted by molar-refractivity contribution is -0.135. The Bertz CT molecular complexity index is 1840. The summed E-state index contributed by atoms with van der Waals surface area (Å²) in [5.41, 5.74) is 6.22. The van der Waals surface area contributed by atoms with Crippen LogP contribution in [0.4, 0.5) is 16.3 Å². The smallest absolute Gasteiger partial charge is 0.407 e. The number of aromatic nitrogens is 3. The van der Waals surface area contributed by atoms with E-state index in [1.54, 1.807) is 12.4 Å². The van der Waals surface area contributed by atoms with Crippen molar-refractivity contribution < 1.29 is 19.1 Å². The van der Waals surface area contributed by atoms with Crippen molar-refractivity contribution in [2.24, 2.45) is 5.92 Å². The predicted octanol–water partition coefficient (Wildman–Crippen LogP) is 6.81. The number of benzene rings is 2. The van der Waals surface area contributed by atoms with Gasteiger partial charge < -0.3 is 35.5 Å². The quantitative estimate of drug-likeness (QED) is 0.145. The first-order valence-electron chi connectivity index (χ1n) is 17.3. The average Bonchev–Trinajstić information content (AvgIpc) is 3.81. The molecule has 4 heterocycles. The van der Waals surface area contributed by atoms with Gasteiger partial charge in [0, 0.05) is 44.1 Å². The van der Waals surface area contributed by atoms with E-state index in [-0.39, 0.29) is 61.0 Å². The number of nitrogens with zero attached hydrogens (tertiary/aromatic N) is 4. The number of nitrogens with one attached hydrogen (secondary N) is 4. The molecule has 2 aliphatic rings. The van der Waals surface area contributed by atoms with Crippen LogP contribution in [0.15, 0.2) is 67.0 Å². The first kappa shape index (κ1) is 43.0. The molecule has 0 saturated carbocycles. The third-order valence-electron chi connectivity index (χ3n) is 9.64. The van der Waals surface area contributed by atoms with Gasteiger partial charge in [0.2, 0.25) is 5.91 Å². The number of aryl methyl sites for hydroxylation is 1. The van der Waals surface area contributed by atoms with Crippen LogP contribution >= 0.6 is 37.2 Å². The molecule has 2 saturated heterocycles. The van der Waals surface area contributed by atoms with Gasteiger partial charge in [-0.05, 0) is 79.1 Å². The molecule has 15 heteroatoms. The molecule has 4 aromatic rings. The minimum Gasteiger partial charge on any atom is -0.453 e. The number of amides is 3. The summed E-state index contributed by atoms with van der Waals surface area (Å²) in [6, 6.07) is 17.4. The summed E-state index contributed by atoms with van der Waals surface area (Å²) in [6.07, 6.45) is 4.46. The normalized spacial score (nSPS) is 17.2. The number of halogens is 3. The summed E-state index contributed by atoms with van der Waals surface area (Å²) < 4.78 is 4.75. The third kappa shape index (κ3) is 9.80. The van der Waals surface area contributed by atoms with Crippen LogP contribution in [-0.2, 0) is 9.53 Å². The second kappa shape index (κ2) is 19.1. The Hall–Kier alpha value is -4.36. The lowest BCUT2D eigenvalue weighted by Gasteiger charge is -2.34. The number of alkyl carbamates (subject to hydrolysis) is 1. The molecule has 286 valence electrons. The first-order valence-corrected chi connectivity index (χ1v) is 17.3. The van der Waals surface area contributed by atoms with Crippen molar-refractivity contribution in [3.63, 3.8) is 0 Å². The highest BCUT2D eigenvalue weighted by Crippen LogP contribution is 2.34. The van der Waals surface area contributed by atoms with Crippen molar-refractivity contribution in [3.8, 4) is 22.4 Å². The van der Waals surface area contributed by atoms with E-state index in [0.29, 0.717) is 18.2 Å². The molecule has 0 bridgehead atoms. The van der Waals surface area contributed by atoms with E-state index >= 15 is 0 Å².